The maximum absolute atomic E-state index is 14.4. The first-order valence-electron chi connectivity index (χ1n) is 14.1. The van der Waals surface area contributed by atoms with Crippen LogP contribution >= 0.6 is 37.5 Å². The Kier molecular flexibility index (Phi) is 14.4. The van der Waals surface area contributed by atoms with Crippen LogP contribution in [0, 0.1) is 4.77 Å². The van der Waals surface area contributed by atoms with Gasteiger partial charge in [0.2, 0.25) is 0 Å². The summed E-state index contributed by atoms with van der Waals surface area (Å²) in [6.07, 6.45) is -22.9. The van der Waals surface area contributed by atoms with Crippen LogP contribution < -0.4 is 0 Å². The molecule has 0 radical (unpaired) electrons. The number of thiol groups is 2. The molecule has 0 fully saturated rings. The van der Waals surface area contributed by atoms with Crippen molar-refractivity contribution in [1.82, 2.24) is 9.13 Å². The zero-order valence-electron chi connectivity index (χ0n) is 27.4. The summed E-state index contributed by atoms with van der Waals surface area (Å²) in [5.41, 5.74) is 0. The molecule has 0 amide bonds. The fraction of sp³-hybridized carbons (Fsp3) is 0.870. The van der Waals surface area contributed by atoms with E-state index in [4.69, 9.17) is 0 Å². The largest absolute Gasteiger partial charge is 0.460 e. The first kappa shape index (κ1) is 57.8. The van der Waals surface area contributed by atoms with E-state index in [1.54, 1.807) is 0 Å². The van der Waals surface area contributed by atoms with E-state index in [1.807, 2.05) is 0 Å². The summed E-state index contributed by atoms with van der Waals surface area (Å²) in [5.74, 6) is -119. The number of hydrogen-bond donors (Lipinski definition) is 2. The molecule has 62 heavy (non-hydrogen) atoms. The molecule has 1 rings (SSSR count). The fourth-order valence-corrected chi connectivity index (χ4v) is 5.31. The minimum Gasteiger partial charge on any atom is -0.311 e. The smallest absolute Gasteiger partial charge is 0.311 e. The quantitative estimate of drug-likeness (QED) is 0.0847. The molecule has 0 bridgehead atoms. The van der Waals surface area contributed by atoms with Gasteiger partial charge in [-0.25, -0.2) is 0 Å². The first-order chi connectivity index (χ1) is 26.4. The maximum atomic E-state index is 14.4. The SMILES string of the molecule is FC(F)(F)C(F)(F)C(F)(F)C(F)(F)C(F)(F)C(F)(F)C(F)(F)C(F)(F)CCn1c(S)c(S)n(CCC(F)(F)C(F)(F)C(F)(F)C(F)(F)C(F)(F)C(F)(F)C(F)(F)C(F)(F)F)c1=S. The normalized spacial score (nSPS) is 16.4. The lowest BCUT2D eigenvalue weighted by molar-refractivity contribution is -0.461. The van der Waals surface area contributed by atoms with Crippen LogP contribution in [0.3, 0.4) is 0 Å². The Morgan fingerprint density at radius 1 is 0.290 bits per heavy atom. The highest BCUT2D eigenvalue weighted by Crippen LogP contribution is 2.66. The highest BCUT2D eigenvalue weighted by Gasteiger charge is 2.97. The number of rotatable bonds is 18. The van der Waals surface area contributed by atoms with Crippen LogP contribution in [0.2, 0.25) is 0 Å². The van der Waals surface area contributed by atoms with Gasteiger partial charge >= 0.3 is 95.3 Å². The van der Waals surface area contributed by atoms with Crippen LogP contribution in [0.5, 0.6) is 0 Å². The van der Waals surface area contributed by atoms with E-state index in [0.717, 1.165) is 0 Å². The molecular weight excluding hydrogens is 1050 g/mol. The Labute approximate surface area is 332 Å². The van der Waals surface area contributed by atoms with Gasteiger partial charge in [0.1, 0.15) is 10.1 Å². The monoisotopic (exact) mass is 1060 g/mol. The van der Waals surface area contributed by atoms with Crippen molar-refractivity contribution in [1.29, 1.82) is 0 Å². The van der Waals surface area contributed by atoms with Crippen molar-refractivity contribution in [3.8, 4) is 0 Å². The molecule has 0 unspecified atom stereocenters. The van der Waals surface area contributed by atoms with Gasteiger partial charge in [-0.3, -0.25) is 0 Å². The standard InChI is InChI=1S/C23H10F34N2S3/c24-8(25,10(28,29)12(32,33)14(36,37)16(40,41)18(44,45)20(48,49)22(52,53)54)1-3-58-5(60)6(61)59(7(58)62)4-2-9(26,27)11(30,31)13(34,35)15(38,39)17(42,43)19(46,47)21(50,51)23(55,56)57/h60-61H,1-4H2. The minimum atomic E-state index is -9.03. The number of halogens is 34. The second kappa shape index (κ2) is 15.4. The fourth-order valence-electron chi connectivity index (χ4n) is 4.18. The molecule has 0 aliphatic carbocycles. The van der Waals surface area contributed by atoms with Crippen molar-refractivity contribution in [2.24, 2.45) is 0 Å². The molecule has 0 aliphatic rings. The molecule has 0 spiro atoms. The van der Waals surface area contributed by atoms with Crippen molar-refractivity contribution in [3.05, 3.63) is 4.77 Å². The molecule has 1 aromatic heterocycles. The Hall–Kier alpha value is -2.25. The van der Waals surface area contributed by atoms with Gasteiger partial charge in [0.25, 0.3) is 0 Å². The van der Waals surface area contributed by atoms with Crippen LogP contribution in [0.15, 0.2) is 10.1 Å². The zero-order chi connectivity index (χ0) is 50.7. The highest BCUT2D eigenvalue weighted by molar-refractivity contribution is 7.83. The number of hydrogen-bond acceptors (Lipinski definition) is 3. The second-order valence-corrected chi connectivity index (χ2v) is 13.2. The van der Waals surface area contributed by atoms with Gasteiger partial charge in [0.05, 0.1) is 0 Å². The van der Waals surface area contributed by atoms with E-state index >= 15 is 0 Å². The van der Waals surface area contributed by atoms with Crippen LogP contribution in [-0.2, 0) is 13.1 Å². The predicted octanol–water partition coefficient (Wildman–Crippen LogP) is 13.4. The molecule has 368 valence electrons. The zero-order valence-corrected chi connectivity index (χ0v) is 30.0. The van der Waals surface area contributed by atoms with Gasteiger partial charge in [0, 0.05) is 25.9 Å². The van der Waals surface area contributed by atoms with Crippen LogP contribution in [0.25, 0.3) is 0 Å². The summed E-state index contributed by atoms with van der Waals surface area (Å²) in [4.78, 5) is 0. The van der Waals surface area contributed by atoms with Gasteiger partial charge in [-0.1, -0.05) is 0 Å². The predicted molar refractivity (Wildman–Crippen MR) is 138 cm³/mol. The van der Waals surface area contributed by atoms with E-state index in [1.165, 1.54) is 0 Å². The molecule has 39 heteroatoms. The Bertz CT molecular complexity index is 1720. The van der Waals surface area contributed by atoms with E-state index in [9.17, 15) is 149 Å². The van der Waals surface area contributed by atoms with E-state index in [2.05, 4.69) is 37.5 Å². The summed E-state index contributed by atoms with van der Waals surface area (Å²) < 4.78 is 457. The lowest BCUT2D eigenvalue weighted by Crippen LogP contribution is -2.74. The number of imidazole rings is 1. The third kappa shape index (κ3) is 7.67. The lowest BCUT2D eigenvalue weighted by atomic mass is 9.88. The average Bonchev–Trinajstić information content (AvgIpc) is 3.26. The molecular formula is C23H10F34N2S3. The first-order valence-corrected chi connectivity index (χ1v) is 15.4. The molecule has 0 aliphatic heterocycles. The highest BCUT2D eigenvalue weighted by atomic mass is 32.1. The number of nitrogens with zero attached hydrogens (tertiary/aromatic N) is 2. The van der Waals surface area contributed by atoms with Crippen molar-refractivity contribution < 1.29 is 149 Å². The van der Waals surface area contributed by atoms with Gasteiger partial charge < -0.3 is 9.13 Å². The summed E-state index contributed by atoms with van der Waals surface area (Å²) in [5, 5.41) is -2.98. The van der Waals surface area contributed by atoms with Crippen molar-refractivity contribution in [3.63, 3.8) is 0 Å². The molecule has 2 nitrogen and oxygen atoms in total. The van der Waals surface area contributed by atoms with Gasteiger partial charge in [-0.15, -0.1) is 25.3 Å². The molecule has 0 N–H and O–H groups in total. The number of alkyl halides is 34. The molecule has 0 saturated heterocycles. The third-order valence-corrected chi connectivity index (χ3v) is 9.57. The summed E-state index contributed by atoms with van der Waals surface area (Å²) in [6, 6.07) is 0. The Balaban J connectivity index is 3.63. The van der Waals surface area contributed by atoms with Crippen LogP contribution in [0.1, 0.15) is 12.8 Å². The summed E-state index contributed by atoms with van der Waals surface area (Å²) in [7, 11) is 0. The second-order valence-electron chi connectivity index (χ2n) is 12.0. The average molecular weight is 1060 g/mol. The van der Waals surface area contributed by atoms with Crippen molar-refractivity contribution >= 4 is 37.5 Å². The van der Waals surface area contributed by atoms with Crippen molar-refractivity contribution in [2.75, 3.05) is 0 Å². The van der Waals surface area contributed by atoms with Crippen molar-refractivity contribution in [2.45, 2.75) is 131 Å². The summed E-state index contributed by atoms with van der Waals surface area (Å²) >= 11 is 10.7. The Morgan fingerprint density at radius 3 is 0.629 bits per heavy atom. The van der Waals surface area contributed by atoms with E-state index in [0.29, 0.717) is 0 Å². The third-order valence-electron chi connectivity index (χ3n) is 8.05. The van der Waals surface area contributed by atoms with E-state index in [-0.39, 0.29) is 0 Å². The molecule has 1 heterocycles. The lowest BCUT2D eigenvalue weighted by Gasteiger charge is -2.42. The minimum absolute atomic E-state index is 0.518. The van der Waals surface area contributed by atoms with Crippen LogP contribution in [-0.4, -0.2) is 104 Å². The molecule has 0 aromatic carbocycles. The topological polar surface area (TPSA) is 9.86 Å². The molecule has 0 atom stereocenters. The van der Waals surface area contributed by atoms with Gasteiger partial charge in [-0.05, 0) is 12.2 Å². The maximum Gasteiger partial charge on any atom is 0.460 e. The summed E-state index contributed by atoms with van der Waals surface area (Å²) in [6.45, 7) is -4.91. The van der Waals surface area contributed by atoms with Crippen LogP contribution in [0.4, 0.5) is 149 Å². The van der Waals surface area contributed by atoms with Gasteiger partial charge in [0.15, 0.2) is 4.77 Å². The van der Waals surface area contributed by atoms with E-state index < -0.39 is 145 Å². The molecule has 0 saturated carbocycles. The number of aromatic nitrogens is 2. The molecule has 1 aromatic rings. The Morgan fingerprint density at radius 2 is 0.452 bits per heavy atom. The van der Waals surface area contributed by atoms with Gasteiger partial charge in [-0.2, -0.15) is 149 Å².